The molecule has 0 spiro atoms. The monoisotopic (exact) mass is 393 g/mol. The Morgan fingerprint density at radius 3 is 2.75 bits per heavy atom. The van der Waals surface area contributed by atoms with Gasteiger partial charge in [-0.15, -0.1) is 0 Å². The number of aliphatic hydroxyl groups is 1. The molecule has 4 rings (SSSR count). The SMILES string of the molecule is COc1cc2c(cc1C)c1nc(C(F)(F)F)ccc1n2[C@@H]1CCCNC[C@H]1O. The van der Waals surface area contributed by atoms with Gasteiger partial charge < -0.3 is 19.7 Å². The second-order valence-electron chi connectivity index (χ2n) is 7.25. The van der Waals surface area contributed by atoms with Crippen molar-refractivity contribution < 1.29 is 23.0 Å². The van der Waals surface area contributed by atoms with Gasteiger partial charge in [0.1, 0.15) is 11.4 Å². The summed E-state index contributed by atoms with van der Waals surface area (Å²) in [4.78, 5) is 3.95. The third-order valence-corrected chi connectivity index (χ3v) is 5.43. The van der Waals surface area contributed by atoms with Crippen LogP contribution < -0.4 is 10.1 Å². The third kappa shape index (κ3) is 3.10. The number of pyridine rings is 1. The highest BCUT2D eigenvalue weighted by Crippen LogP contribution is 2.39. The van der Waals surface area contributed by atoms with E-state index >= 15 is 0 Å². The Kier molecular flexibility index (Phi) is 4.71. The molecular weight excluding hydrogens is 371 g/mol. The van der Waals surface area contributed by atoms with Crippen LogP contribution in [-0.4, -0.2) is 41.0 Å². The van der Waals surface area contributed by atoms with Crippen molar-refractivity contribution in [2.24, 2.45) is 0 Å². The molecule has 2 atom stereocenters. The highest BCUT2D eigenvalue weighted by molar-refractivity contribution is 6.06. The van der Waals surface area contributed by atoms with Crippen molar-refractivity contribution in [2.45, 2.75) is 38.1 Å². The number of benzene rings is 1. The number of rotatable bonds is 2. The maximum absolute atomic E-state index is 13.3. The van der Waals surface area contributed by atoms with Crippen LogP contribution in [0.5, 0.6) is 5.75 Å². The van der Waals surface area contributed by atoms with E-state index in [0.29, 0.717) is 35.1 Å². The molecule has 1 fully saturated rings. The largest absolute Gasteiger partial charge is 0.496 e. The van der Waals surface area contributed by atoms with Gasteiger partial charge in [-0.3, -0.25) is 0 Å². The number of aromatic nitrogens is 2. The maximum atomic E-state index is 13.3. The van der Waals surface area contributed by atoms with E-state index < -0.39 is 18.0 Å². The molecule has 0 unspecified atom stereocenters. The van der Waals surface area contributed by atoms with Crippen molar-refractivity contribution >= 4 is 21.9 Å². The normalized spacial score (nSPS) is 21.2. The predicted octanol–water partition coefficient (Wildman–Crippen LogP) is 3.81. The van der Waals surface area contributed by atoms with Crippen LogP contribution in [0.1, 0.15) is 30.1 Å². The molecule has 3 heterocycles. The molecule has 3 aromatic rings. The van der Waals surface area contributed by atoms with Crippen LogP contribution in [0.2, 0.25) is 0 Å². The molecule has 2 aromatic heterocycles. The maximum Gasteiger partial charge on any atom is 0.433 e. The van der Waals surface area contributed by atoms with E-state index in [2.05, 4.69) is 10.3 Å². The van der Waals surface area contributed by atoms with Crippen molar-refractivity contribution in [2.75, 3.05) is 20.2 Å². The lowest BCUT2D eigenvalue weighted by molar-refractivity contribution is -0.140. The smallest absolute Gasteiger partial charge is 0.433 e. The van der Waals surface area contributed by atoms with Gasteiger partial charge in [0.2, 0.25) is 0 Å². The quantitative estimate of drug-likeness (QED) is 0.695. The van der Waals surface area contributed by atoms with Gasteiger partial charge in [-0.05, 0) is 50.1 Å². The number of hydrogen-bond acceptors (Lipinski definition) is 4. The molecule has 1 saturated heterocycles. The van der Waals surface area contributed by atoms with Crippen molar-refractivity contribution in [1.29, 1.82) is 0 Å². The van der Waals surface area contributed by atoms with Gasteiger partial charge in [0, 0.05) is 18.0 Å². The van der Waals surface area contributed by atoms with Gasteiger partial charge in [0.15, 0.2) is 0 Å². The fourth-order valence-corrected chi connectivity index (χ4v) is 4.09. The van der Waals surface area contributed by atoms with Crippen molar-refractivity contribution in [3.05, 3.63) is 35.5 Å². The lowest BCUT2D eigenvalue weighted by Crippen LogP contribution is -2.31. The second-order valence-corrected chi connectivity index (χ2v) is 7.25. The molecule has 0 bridgehead atoms. The number of aryl methyl sites for hydroxylation is 1. The third-order valence-electron chi connectivity index (χ3n) is 5.43. The summed E-state index contributed by atoms with van der Waals surface area (Å²) in [7, 11) is 1.56. The number of nitrogens with one attached hydrogen (secondary N) is 1. The van der Waals surface area contributed by atoms with E-state index in [1.165, 1.54) is 6.07 Å². The van der Waals surface area contributed by atoms with Crippen LogP contribution in [0.25, 0.3) is 21.9 Å². The number of nitrogens with zero attached hydrogens (tertiary/aromatic N) is 2. The Hall–Kier alpha value is -2.32. The fourth-order valence-electron chi connectivity index (χ4n) is 4.09. The first kappa shape index (κ1) is 19.0. The lowest BCUT2D eigenvalue weighted by atomic mass is 10.1. The Morgan fingerprint density at radius 2 is 2.04 bits per heavy atom. The Bertz CT molecular complexity index is 1030. The van der Waals surface area contributed by atoms with Crippen LogP contribution in [0.4, 0.5) is 13.2 Å². The first-order chi connectivity index (χ1) is 13.3. The number of aliphatic hydroxyl groups excluding tert-OH is 1. The zero-order chi connectivity index (χ0) is 20.1. The zero-order valence-corrected chi connectivity index (χ0v) is 15.7. The van der Waals surface area contributed by atoms with Gasteiger partial charge in [0.25, 0.3) is 0 Å². The summed E-state index contributed by atoms with van der Waals surface area (Å²) in [6, 6.07) is 5.83. The Labute approximate surface area is 160 Å². The van der Waals surface area contributed by atoms with Crippen LogP contribution in [0.3, 0.4) is 0 Å². The summed E-state index contributed by atoms with van der Waals surface area (Å²) in [6.45, 7) is 3.08. The summed E-state index contributed by atoms with van der Waals surface area (Å²) in [5, 5.41) is 14.5. The Balaban J connectivity index is 2.05. The minimum absolute atomic E-state index is 0.263. The van der Waals surface area contributed by atoms with Crippen molar-refractivity contribution in [3.63, 3.8) is 0 Å². The number of hydrogen-bond donors (Lipinski definition) is 2. The van der Waals surface area contributed by atoms with Gasteiger partial charge in [-0.1, -0.05) is 0 Å². The van der Waals surface area contributed by atoms with Gasteiger partial charge in [-0.25, -0.2) is 4.98 Å². The highest BCUT2D eigenvalue weighted by Gasteiger charge is 2.34. The fraction of sp³-hybridized carbons (Fsp3) is 0.450. The summed E-state index contributed by atoms with van der Waals surface area (Å²) >= 11 is 0. The molecule has 1 aliphatic heterocycles. The number of alkyl halides is 3. The number of fused-ring (bicyclic) bond motifs is 3. The average molecular weight is 393 g/mol. The van der Waals surface area contributed by atoms with Crippen LogP contribution >= 0.6 is 0 Å². The minimum atomic E-state index is -4.52. The van der Waals surface area contributed by atoms with E-state index in [0.717, 1.165) is 30.1 Å². The zero-order valence-electron chi connectivity index (χ0n) is 15.7. The number of methoxy groups -OCH3 is 1. The number of ether oxygens (including phenoxy) is 1. The molecule has 5 nitrogen and oxygen atoms in total. The van der Waals surface area contributed by atoms with Crippen LogP contribution in [-0.2, 0) is 6.18 Å². The van der Waals surface area contributed by atoms with Gasteiger partial charge in [-0.2, -0.15) is 13.2 Å². The van der Waals surface area contributed by atoms with E-state index in [-0.39, 0.29) is 6.04 Å². The molecule has 1 aromatic carbocycles. The molecule has 150 valence electrons. The molecule has 2 N–H and O–H groups in total. The average Bonchev–Trinajstić information content (AvgIpc) is 2.79. The molecule has 0 saturated carbocycles. The molecule has 28 heavy (non-hydrogen) atoms. The standard InChI is InChI=1S/C20H22F3N3O2/c1-11-8-12-15(9-17(11)28-2)26(13-4-3-7-24-10-16(13)27)14-5-6-18(20(21,22)23)25-19(12)14/h5-6,8-9,13,16,24,27H,3-4,7,10H2,1-2H3/t13-,16-/m1/s1. The summed E-state index contributed by atoms with van der Waals surface area (Å²) < 4.78 is 47.1. The van der Waals surface area contributed by atoms with Crippen molar-refractivity contribution in [1.82, 2.24) is 14.9 Å². The van der Waals surface area contributed by atoms with Crippen LogP contribution in [0.15, 0.2) is 24.3 Å². The van der Waals surface area contributed by atoms with Crippen LogP contribution in [0, 0.1) is 6.92 Å². The van der Waals surface area contributed by atoms with Crippen molar-refractivity contribution in [3.8, 4) is 5.75 Å². The molecular formula is C20H22F3N3O2. The molecule has 0 radical (unpaired) electrons. The number of β-amino-alcohol motifs (C(OH)–C–C–N with tert-alkyl or cyclic N) is 1. The minimum Gasteiger partial charge on any atom is -0.496 e. The molecule has 0 amide bonds. The van der Waals surface area contributed by atoms with E-state index in [1.807, 2.05) is 23.6 Å². The highest BCUT2D eigenvalue weighted by atomic mass is 19.4. The van der Waals surface area contributed by atoms with E-state index in [4.69, 9.17) is 4.74 Å². The second kappa shape index (κ2) is 6.93. The summed E-state index contributed by atoms with van der Waals surface area (Å²) in [5.41, 5.74) is 1.49. The first-order valence-electron chi connectivity index (χ1n) is 9.26. The topological polar surface area (TPSA) is 59.3 Å². The van der Waals surface area contributed by atoms with Gasteiger partial charge >= 0.3 is 6.18 Å². The van der Waals surface area contributed by atoms with Gasteiger partial charge in [0.05, 0.1) is 35.8 Å². The van der Waals surface area contributed by atoms with E-state index in [9.17, 15) is 18.3 Å². The molecule has 1 aliphatic rings. The summed E-state index contributed by atoms with van der Waals surface area (Å²) in [5.74, 6) is 0.647. The summed E-state index contributed by atoms with van der Waals surface area (Å²) in [6.07, 6.45) is -3.60. The number of halogens is 3. The Morgan fingerprint density at radius 1 is 1.25 bits per heavy atom. The molecule has 0 aliphatic carbocycles. The lowest BCUT2D eigenvalue weighted by Gasteiger charge is -2.24. The first-order valence-corrected chi connectivity index (χ1v) is 9.26. The van der Waals surface area contributed by atoms with E-state index in [1.54, 1.807) is 7.11 Å². The molecule has 8 heteroatoms. The predicted molar refractivity (Wildman–Crippen MR) is 101 cm³/mol.